The number of carboxylic acid groups (broad SMARTS) is 1. The van der Waals surface area contributed by atoms with E-state index in [1.54, 1.807) is 24.3 Å². The molecule has 1 unspecified atom stereocenters. The van der Waals surface area contributed by atoms with Crippen LogP contribution in [0.15, 0.2) is 48.5 Å². The van der Waals surface area contributed by atoms with Gasteiger partial charge in [-0.1, -0.05) is 45.0 Å². The van der Waals surface area contributed by atoms with Gasteiger partial charge in [0.1, 0.15) is 5.75 Å². The van der Waals surface area contributed by atoms with Crippen LogP contribution >= 0.6 is 0 Å². The maximum Gasteiger partial charge on any atom is 0.416 e. The second-order valence-electron chi connectivity index (χ2n) is 7.56. The van der Waals surface area contributed by atoms with Crippen LogP contribution in [0, 0.1) is 11.3 Å². The van der Waals surface area contributed by atoms with E-state index in [1.807, 2.05) is 20.8 Å². The van der Waals surface area contributed by atoms with Gasteiger partial charge in [-0.15, -0.1) is 0 Å². The summed E-state index contributed by atoms with van der Waals surface area (Å²) >= 11 is 0. The lowest BCUT2D eigenvalue weighted by Crippen LogP contribution is -2.34. The van der Waals surface area contributed by atoms with Crippen LogP contribution < -0.4 is 4.74 Å². The Balaban J connectivity index is 2.63. The fraction of sp³-hybridized carbons (Fsp3) is 0.381. The standard InChI is InChI=1S/C21H23F3O3/c1-20(2,3)18(19(25)26)17(14-6-5-7-16(12-14)27-4)13-8-10-15(11-9-13)21(22,23)24/h5-12,17-18H,1-4H3,(H,25,26)/t17?,18-/m1/s1. The molecule has 0 aliphatic rings. The van der Waals surface area contributed by atoms with E-state index in [1.165, 1.54) is 19.2 Å². The van der Waals surface area contributed by atoms with Gasteiger partial charge in [-0.05, 0) is 40.8 Å². The van der Waals surface area contributed by atoms with Crippen molar-refractivity contribution in [3.63, 3.8) is 0 Å². The molecule has 0 aliphatic carbocycles. The number of aliphatic carboxylic acids is 1. The molecule has 0 bridgehead atoms. The second-order valence-corrected chi connectivity index (χ2v) is 7.56. The number of halogens is 3. The predicted molar refractivity (Wildman–Crippen MR) is 96.9 cm³/mol. The van der Waals surface area contributed by atoms with Crippen molar-refractivity contribution in [1.29, 1.82) is 0 Å². The summed E-state index contributed by atoms with van der Waals surface area (Å²) in [5, 5.41) is 9.90. The van der Waals surface area contributed by atoms with E-state index in [0.29, 0.717) is 16.9 Å². The summed E-state index contributed by atoms with van der Waals surface area (Å²) in [7, 11) is 1.50. The number of benzene rings is 2. The van der Waals surface area contributed by atoms with E-state index in [4.69, 9.17) is 4.74 Å². The Bertz CT molecular complexity index is 790. The maximum atomic E-state index is 12.9. The third kappa shape index (κ3) is 4.81. The van der Waals surface area contributed by atoms with Gasteiger partial charge in [0, 0.05) is 5.92 Å². The van der Waals surface area contributed by atoms with Gasteiger partial charge in [-0.3, -0.25) is 4.79 Å². The molecular formula is C21H23F3O3. The Morgan fingerprint density at radius 1 is 1.00 bits per heavy atom. The average Bonchev–Trinajstić information content (AvgIpc) is 2.57. The van der Waals surface area contributed by atoms with Gasteiger partial charge >= 0.3 is 12.1 Å². The monoisotopic (exact) mass is 380 g/mol. The highest BCUT2D eigenvalue weighted by atomic mass is 19.4. The molecule has 0 spiro atoms. The number of ether oxygens (including phenoxy) is 1. The molecule has 0 heterocycles. The lowest BCUT2D eigenvalue weighted by Gasteiger charge is -2.35. The number of carboxylic acids is 1. The van der Waals surface area contributed by atoms with E-state index in [0.717, 1.165) is 12.1 Å². The molecule has 0 saturated heterocycles. The molecule has 0 aromatic heterocycles. The summed E-state index contributed by atoms with van der Waals surface area (Å²) < 4.78 is 44.0. The fourth-order valence-electron chi connectivity index (χ4n) is 3.30. The summed E-state index contributed by atoms with van der Waals surface area (Å²) in [6.07, 6.45) is -4.44. The molecule has 2 rings (SSSR count). The third-order valence-electron chi connectivity index (χ3n) is 4.58. The van der Waals surface area contributed by atoms with Crippen LogP contribution in [-0.2, 0) is 11.0 Å². The molecular weight excluding hydrogens is 357 g/mol. The lowest BCUT2D eigenvalue weighted by atomic mass is 9.68. The largest absolute Gasteiger partial charge is 0.497 e. The van der Waals surface area contributed by atoms with Crippen LogP contribution in [0.1, 0.15) is 43.4 Å². The minimum Gasteiger partial charge on any atom is -0.497 e. The van der Waals surface area contributed by atoms with E-state index in [9.17, 15) is 23.1 Å². The van der Waals surface area contributed by atoms with Gasteiger partial charge in [0.25, 0.3) is 0 Å². The predicted octanol–water partition coefficient (Wildman–Crippen LogP) is 5.59. The minimum absolute atomic E-state index is 0.513. The van der Waals surface area contributed by atoms with Crippen molar-refractivity contribution >= 4 is 5.97 Å². The molecule has 2 aromatic carbocycles. The number of alkyl halides is 3. The number of hydrogen-bond donors (Lipinski definition) is 1. The summed E-state index contributed by atoms with van der Waals surface area (Å²) in [6.45, 7) is 5.43. The topological polar surface area (TPSA) is 46.5 Å². The zero-order valence-corrected chi connectivity index (χ0v) is 15.7. The van der Waals surface area contributed by atoms with Gasteiger partial charge in [-0.25, -0.2) is 0 Å². The molecule has 0 fully saturated rings. The molecule has 146 valence electrons. The Kier molecular flexibility index (Phi) is 5.88. The van der Waals surface area contributed by atoms with Gasteiger partial charge in [0.05, 0.1) is 18.6 Å². The quantitative estimate of drug-likeness (QED) is 0.735. The molecule has 0 radical (unpaired) electrons. The van der Waals surface area contributed by atoms with Gasteiger partial charge in [0.2, 0.25) is 0 Å². The first kappa shape index (κ1) is 20.8. The zero-order valence-electron chi connectivity index (χ0n) is 15.7. The first-order valence-electron chi connectivity index (χ1n) is 8.49. The van der Waals surface area contributed by atoms with Crippen molar-refractivity contribution in [1.82, 2.24) is 0 Å². The molecule has 0 amide bonds. The zero-order chi connectivity index (χ0) is 20.4. The van der Waals surface area contributed by atoms with Crippen LogP contribution in [0.25, 0.3) is 0 Å². The molecule has 3 nitrogen and oxygen atoms in total. The van der Waals surface area contributed by atoms with E-state index < -0.39 is 35.0 Å². The van der Waals surface area contributed by atoms with Crippen molar-refractivity contribution < 1.29 is 27.8 Å². The molecule has 27 heavy (non-hydrogen) atoms. The minimum atomic E-state index is -4.44. The Morgan fingerprint density at radius 3 is 2.04 bits per heavy atom. The highest BCUT2D eigenvalue weighted by Crippen LogP contribution is 2.43. The SMILES string of the molecule is COc1cccc(C(c2ccc(C(F)(F)F)cc2)[C@H](C(=O)O)C(C)(C)C)c1. The second kappa shape index (κ2) is 7.62. The van der Waals surface area contributed by atoms with Crippen molar-refractivity contribution in [2.45, 2.75) is 32.9 Å². The Morgan fingerprint density at radius 2 is 1.59 bits per heavy atom. The number of rotatable bonds is 5. The number of carbonyl (C=O) groups is 1. The van der Waals surface area contributed by atoms with Gasteiger partial charge in [0.15, 0.2) is 0 Å². The van der Waals surface area contributed by atoms with E-state index >= 15 is 0 Å². The maximum absolute atomic E-state index is 12.9. The van der Waals surface area contributed by atoms with Crippen LogP contribution in [0.5, 0.6) is 5.75 Å². The molecule has 0 aliphatic heterocycles. The highest BCUT2D eigenvalue weighted by Gasteiger charge is 2.40. The molecule has 2 atom stereocenters. The summed E-state index contributed by atoms with van der Waals surface area (Å²) in [4.78, 5) is 12.1. The average molecular weight is 380 g/mol. The third-order valence-corrected chi connectivity index (χ3v) is 4.58. The number of methoxy groups -OCH3 is 1. The first-order chi connectivity index (χ1) is 12.4. The summed E-state index contributed by atoms with van der Waals surface area (Å²) in [6, 6.07) is 11.7. The van der Waals surface area contributed by atoms with Crippen molar-refractivity contribution in [2.75, 3.05) is 7.11 Å². The molecule has 1 N–H and O–H groups in total. The first-order valence-corrected chi connectivity index (χ1v) is 8.49. The lowest BCUT2D eigenvalue weighted by molar-refractivity contribution is -0.146. The van der Waals surface area contributed by atoms with Crippen molar-refractivity contribution in [2.24, 2.45) is 11.3 Å². The molecule has 0 saturated carbocycles. The van der Waals surface area contributed by atoms with Gasteiger partial charge < -0.3 is 9.84 Å². The summed E-state index contributed by atoms with van der Waals surface area (Å²) in [5.41, 5.74) is -0.198. The van der Waals surface area contributed by atoms with Crippen LogP contribution in [0.4, 0.5) is 13.2 Å². The number of hydrogen-bond acceptors (Lipinski definition) is 2. The van der Waals surface area contributed by atoms with Gasteiger partial charge in [-0.2, -0.15) is 13.2 Å². The van der Waals surface area contributed by atoms with E-state index in [-0.39, 0.29) is 0 Å². The molecule has 6 heteroatoms. The molecule has 2 aromatic rings. The smallest absolute Gasteiger partial charge is 0.416 e. The van der Waals surface area contributed by atoms with Crippen LogP contribution in [-0.4, -0.2) is 18.2 Å². The Hall–Kier alpha value is -2.50. The van der Waals surface area contributed by atoms with E-state index in [2.05, 4.69) is 0 Å². The van der Waals surface area contributed by atoms with Crippen molar-refractivity contribution in [3.05, 3.63) is 65.2 Å². The van der Waals surface area contributed by atoms with Crippen LogP contribution in [0.3, 0.4) is 0 Å². The fourth-order valence-corrected chi connectivity index (χ4v) is 3.30. The summed E-state index contributed by atoms with van der Waals surface area (Å²) in [5.74, 6) is -1.92. The highest BCUT2D eigenvalue weighted by molar-refractivity contribution is 5.73. The Labute approximate surface area is 156 Å². The normalized spacial score (nSPS) is 14.5. The van der Waals surface area contributed by atoms with Crippen LogP contribution in [0.2, 0.25) is 0 Å². The van der Waals surface area contributed by atoms with Crippen molar-refractivity contribution in [3.8, 4) is 5.75 Å².